The van der Waals surface area contributed by atoms with Crippen molar-refractivity contribution in [2.45, 2.75) is 6.42 Å². The molecule has 0 spiro atoms. The van der Waals surface area contributed by atoms with Crippen LogP contribution in [0.5, 0.6) is 0 Å². The van der Waals surface area contributed by atoms with Gasteiger partial charge in [-0.05, 0) is 34.1 Å². The Morgan fingerprint density at radius 1 is 1.33 bits per heavy atom. The van der Waals surface area contributed by atoms with E-state index in [1.165, 1.54) is 4.90 Å². The fourth-order valence-corrected chi connectivity index (χ4v) is 2.14. The first-order valence-electron chi connectivity index (χ1n) is 5.36. The molecule has 18 heavy (non-hydrogen) atoms. The third-order valence-electron chi connectivity index (χ3n) is 2.46. The fraction of sp³-hybridized carbons (Fsp3) is 0.333. The van der Waals surface area contributed by atoms with E-state index < -0.39 is 0 Å². The van der Waals surface area contributed by atoms with E-state index in [2.05, 4.69) is 37.2 Å². The van der Waals surface area contributed by atoms with Crippen molar-refractivity contribution in [2.75, 3.05) is 20.6 Å². The summed E-state index contributed by atoms with van der Waals surface area (Å²) in [7, 11) is 3.26. The van der Waals surface area contributed by atoms with Crippen LogP contribution in [0.15, 0.2) is 27.1 Å². The molecule has 1 aromatic rings. The van der Waals surface area contributed by atoms with Gasteiger partial charge in [0, 0.05) is 36.0 Å². The third kappa shape index (κ3) is 4.10. The molecule has 2 amide bonds. The molecule has 0 bridgehead atoms. The molecule has 1 N–H and O–H groups in total. The van der Waals surface area contributed by atoms with Gasteiger partial charge in [0.15, 0.2) is 0 Å². The van der Waals surface area contributed by atoms with Crippen LogP contribution < -0.4 is 5.32 Å². The first-order chi connectivity index (χ1) is 8.45. The molecule has 4 nitrogen and oxygen atoms in total. The second kappa shape index (κ2) is 6.89. The van der Waals surface area contributed by atoms with Gasteiger partial charge in [-0.3, -0.25) is 9.59 Å². The molecule has 0 aliphatic rings. The summed E-state index contributed by atoms with van der Waals surface area (Å²) in [5.74, 6) is -0.199. The lowest BCUT2D eigenvalue weighted by Gasteiger charge is -2.17. The predicted octanol–water partition coefficient (Wildman–Crippen LogP) is 2.42. The lowest BCUT2D eigenvalue weighted by molar-refractivity contribution is -0.120. The summed E-state index contributed by atoms with van der Waals surface area (Å²) in [5, 5.41) is 2.53. The summed E-state index contributed by atoms with van der Waals surface area (Å²) in [5.41, 5.74) is 0.573. The molecule has 0 saturated carbocycles. The van der Waals surface area contributed by atoms with E-state index in [4.69, 9.17) is 0 Å². The van der Waals surface area contributed by atoms with Crippen molar-refractivity contribution >= 4 is 43.7 Å². The van der Waals surface area contributed by atoms with Crippen LogP contribution in [0, 0.1) is 0 Å². The maximum Gasteiger partial charge on any atom is 0.254 e. The van der Waals surface area contributed by atoms with E-state index in [1.54, 1.807) is 20.2 Å². The Labute approximate surface area is 123 Å². The molecule has 0 aromatic heterocycles. The van der Waals surface area contributed by atoms with Crippen LogP contribution in [0.25, 0.3) is 0 Å². The molecule has 0 unspecified atom stereocenters. The summed E-state index contributed by atoms with van der Waals surface area (Å²) in [4.78, 5) is 24.8. The van der Waals surface area contributed by atoms with Crippen LogP contribution in [0.3, 0.4) is 0 Å². The molecule has 0 radical (unpaired) electrons. The number of nitrogens with zero attached hydrogens (tertiary/aromatic N) is 1. The van der Waals surface area contributed by atoms with Crippen LogP contribution in [0.4, 0.5) is 0 Å². The van der Waals surface area contributed by atoms with E-state index in [1.807, 2.05) is 12.1 Å². The highest BCUT2D eigenvalue weighted by atomic mass is 79.9. The van der Waals surface area contributed by atoms with E-state index in [-0.39, 0.29) is 11.8 Å². The Morgan fingerprint density at radius 3 is 2.61 bits per heavy atom. The number of amides is 2. The monoisotopic (exact) mass is 376 g/mol. The number of carbonyl (C=O) groups is 2. The lowest BCUT2D eigenvalue weighted by atomic mass is 10.2. The fourth-order valence-electron chi connectivity index (χ4n) is 1.36. The van der Waals surface area contributed by atoms with Crippen LogP contribution in [-0.2, 0) is 4.79 Å². The second-order valence-electron chi connectivity index (χ2n) is 3.77. The quantitative estimate of drug-likeness (QED) is 0.875. The molecule has 98 valence electrons. The molecular weight excluding hydrogens is 364 g/mol. The highest BCUT2D eigenvalue weighted by Crippen LogP contribution is 2.22. The standard InChI is InChI=1S/C12H14Br2N2O2/c1-15-11(17)5-6-16(2)12(18)9-7-8(13)3-4-10(9)14/h3-4,7H,5-6H2,1-2H3,(H,15,17). The van der Waals surface area contributed by atoms with Gasteiger partial charge < -0.3 is 10.2 Å². The predicted molar refractivity (Wildman–Crippen MR) is 77.5 cm³/mol. The van der Waals surface area contributed by atoms with Crippen molar-refractivity contribution in [3.05, 3.63) is 32.7 Å². The molecule has 1 rings (SSSR count). The smallest absolute Gasteiger partial charge is 0.254 e. The second-order valence-corrected chi connectivity index (χ2v) is 5.54. The zero-order chi connectivity index (χ0) is 13.7. The highest BCUT2D eigenvalue weighted by molar-refractivity contribution is 9.11. The van der Waals surface area contributed by atoms with E-state index >= 15 is 0 Å². The molecule has 0 fully saturated rings. The summed E-state index contributed by atoms with van der Waals surface area (Å²) < 4.78 is 1.58. The maximum absolute atomic E-state index is 12.2. The molecule has 0 aliphatic carbocycles. The Hall–Kier alpha value is -0.880. The summed E-state index contributed by atoms with van der Waals surface area (Å²) in [6.45, 7) is 0.386. The van der Waals surface area contributed by atoms with Gasteiger partial charge in [0.2, 0.25) is 5.91 Å². The Morgan fingerprint density at radius 2 is 2.00 bits per heavy atom. The molecule has 1 aromatic carbocycles. The zero-order valence-electron chi connectivity index (χ0n) is 10.2. The molecular formula is C12H14Br2N2O2. The van der Waals surface area contributed by atoms with Crippen LogP contribution in [0.2, 0.25) is 0 Å². The number of benzene rings is 1. The van der Waals surface area contributed by atoms with Gasteiger partial charge in [-0.15, -0.1) is 0 Å². The number of nitrogens with one attached hydrogen (secondary N) is 1. The summed E-state index contributed by atoms with van der Waals surface area (Å²) in [6, 6.07) is 5.41. The van der Waals surface area contributed by atoms with Gasteiger partial charge in [0.1, 0.15) is 0 Å². The Bertz CT molecular complexity index is 463. The normalized spacial score (nSPS) is 10.0. The largest absolute Gasteiger partial charge is 0.359 e. The van der Waals surface area contributed by atoms with Crippen molar-refractivity contribution < 1.29 is 9.59 Å². The minimum atomic E-state index is -0.118. The minimum Gasteiger partial charge on any atom is -0.359 e. The van der Waals surface area contributed by atoms with Gasteiger partial charge >= 0.3 is 0 Å². The molecule has 0 heterocycles. The SMILES string of the molecule is CNC(=O)CCN(C)C(=O)c1cc(Br)ccc1Br. The van der Waals surface area contributed by atoms with Crippen molar-refractivity contribution in [3.8, 4) is 0 Å². The highest BCUT2D eigenvalue weighted by Gasteiger charge is 2.15. The van der Waals surface area contributed by atoms with E-state index in [0.717, 1.165) is 8.95 Å². The number of hydrogen-bond donors (Lipinski definition) is 1. The van der Waals surface area contributed by atoms with Gasteiger partial charge in [0.05, 0.1) is 5.56 Å². The van der Waals surface area contributed by atoms with Crippen molar-refractivity contribution in [1.82, 2.24) is 10.2 Å². The van der Waals surface area contributed by atoms with Gasteiger partial charge in [-0.2, -0.15) is 0 Å². The Balaban J connectivity index is 2.74. The van der Waals surface area contributed by atoms with Crippen LogP contribution >= 0.6 is 31.9 Å². The summed E-state index contributed by atoms with van der Waals surface area (Å²) in [6.07, 6.45) is 0.296. The van der Waals surface area contributed by atoms with Gasteiger partial charge in [-0.1, -0.05) is 15.9 Å². The minimum absolute atomic E-state index is 0.0806. The number of halogens is 2. The molecule has 0 aliphatic heterocycles. The topological polar surface area (TPSA) is 49.4 Å². The lowest BCUT2D eigenvalue weighted by Crippen LogP contribution is -2.31. The number of rotatable bonds is 4. The van der Waals surface area contributed by atoms with Crippen molar-refractivity contribution in [3.63, 3.8) is 0 Å². The molecule has 6 heteroatoms. The maximum atomic E-state index is 12.2. The first-order valence-corrected chi connectivity index (χ1v) is 6.95. The first kappa shape index (κ1) is 15.2. The average Bonchev–Trinajstić information content (AvgIpc) is 2.37. The number of carbonyl (C=O) groups excluding carboxylic acids is 2. The van der Waals surface area contributed by atoms with Gasteiger partial charge in [0.25, 0.3) is 5.91 Å². The average molecular weight is 378 g/mol. The van der Waals surface area contributed by atoms with E-state index in [0.29, 0.717) is 18.5 Å². The number of hydrogen-bond acceptors (Lipinski definition) is 2. The molecule has 0 atom stereocenters. The van der Waals surface area contributed by atoms with Crippen molar-refractivity contribution in [1.29, 1.82) is 0 Å². The molecule has 0 saturated heterocycles. The summed E-state index contributed by atoms with van der Waals surface area (Å²) >= 11 is 6.68. The Kier molecular flexibility index (Phi) is 5.81. The van der Waals surface area contributed by atoms with Crippen molar-refractivity contribution in [2.24, 2.45) is 0 Å². The van der Waals surface area contributed by atoms with Crippen LogP contribution in [0.1, 0.15) is 16.8 Å². The van der Waals surface area contributed by atoms with Crippen LogP contribution in [-0.4, -0.2) is 37.4 Å². The van der Waals surface area contributed by atoms with Gasteiger partial charge in [-0.25, -0.2) is 0 Å². The zero-order valence-corrected chi connectivity index (χ0v) is 13.3. The third-order valence-corrected chi connectivity index (χ3v) is 3.64. The van der Waals surface area contributed by atoms with E-state index in [9.17, 15) is 9.59 Å².